The van der Waals surface area contributed by atoms with Gasteiger partial charge in [-0.25, -0.2) is 0 Å². The molecule has 5 nitrogen and oxygen atoms in total. The Hall–Kier alpha value is -2.56. The van der Waals surface area contributed by atoms with Crippen LogP contribution in [0.3, 0.4) is 0 Å². The van der Waals surface area contributed by atoms with Crippen molar-refractivity contribution < 1.29 is 14.3 Å². The van der Waals surface area contributed by atoms with Gasteiger partial charge in [0.1, 0.15) is 5.75 Å². The third-order valence-corrected chi connectivity index (χ3v) is 5.19. The first-order chi connectivity index (χ1) is 13.5. The number of likely N-dealkylation sites (tertiary alicyclic amines) is 1. The summed E-state index contributed by atoms with van der Waals surface area (Å²) < 4.78 is 5.92. The molecule has 2 aromatic rings. The Labute approximate surface area is 167 Å². The second-order valence-electron chi connectivity index (χ2n) is 7.75. The number of hydrogen-bond acceptors (Lipinski definition) is 3. The van der Waals surface area contributed by atoms with Gasteiger partial charge in [-0.05, 0) is 44.6 Å². The number of fused-ring (bicyclic) bond motifs is 1. The van der Waals surface area contributed by atoms with E-state index in [0.717, 1.165) is 29.4 Å². The lowest BCUT2D eigenvalue weighted by Crippen LogP contribution is -2.44. The maximum Gasteiger partial charge on any atom is 0.223 e. The van der Waals surface area contributed by atoms with Gasteiger partial charge in [0.2, 0.25) is 11.8 Å². The molecule has 0 bridgehead atoms. The zero-order valence-corrected chi connectivity index (χ0v) is 16.8. The minimum atomic E-state index is 0.0288. The SMILES string of the molecule is CC(C)NC(=O)C1CCN(C(=O)CCCOc2cccc3ccccc23)CC1. The van der Waals surface area contributed by atoms with Crippen LogP contribution in [-0.4, -0.2) is 42.5 Å². The number of ether oxygens (including phenoxy) is 1. The van der Waals surface area contributed by atoms with Crippen LogP contribution in [0.5, 0.6) is 5.75 Å². The molecule has 1 heterocycles. The Bertz CT molecular complexity index is 805. The van der Waals surface area contributed by atoms with Crippen molar-refractivity contribution in [3.8, 4) is 5.75 Å². The lowest BCUT2D eigenvalue weighted by molar-refractivity contribution is -0.136. The van der Waals surface area contributed by atoms with Crippen LogP contribution in [0.2, 0.25) is 0 Å². The third kappa shape index (κ3) is 5.24. The molecule has 2 amide bonds. The van der Waals surface area contributed by atoms with Crippen LogP contribution < -0.4 is 10.1 Å². The molecule has 5 heteroatoms. The summed E-state index contributed by atoms with van der Waals surface area (Å²) in [7, 11) is 0. The van der Waals surface area contributed by atoms with Gasteiger partial charge >= 0.3 is 0 Å². The van der Waals surface area contributed by atoms with E-state index in [2.05, 4.69) is 23.5 Å². The van der Waals surface area contributed by atoms with Crippen molar-refractivity contribution in [3.05, 3.63) is 42.5 Å². The summed E-state index contributed by atoms with van der Waals surface area (Å²) in [6, 6.07) is 14.3. The number of rotatable bonds is 7. The van der Waals surface area contributed by atoms with Gasteiger partial charge in [-0.3, -0.25) is 9.59 Å². The molecule has 1 fully saturated rings. The predicted molar refractivity (Wildman–Crippen MR) is 111 cm³/mol. The molecular formula is C23H30N2O3. The highest BCUT2D eigenvalue weighted by Gasteiger charge is 2.27. The average molecular weight is 383 g/mol. The van der Waals surface area contributed by atoms with Gasteiger partial charge in [0.15, 0.2) is 0 Å². The fourth-order valence-corrected chi connectivity index (χ4v) is 3.68. The Kier molecular flexibility index (Phi) is 6.90. The van der Waals surface area contributed by atoms with Crippen LogP contribution in [0, 0.1) is 5.92 Å². The second kappa shape index (κ2) is 9.58. The van der Waals surface area contributed by atoms with E-state index in [-0.39, 0.29) is 23.8 Å². The highest BCUT2D eigenvalue weighted by molar-refractivity contribution is 5.88. The summed E-state index contributed by atoms with van der Waals surface area (Å²) in [4.78, 5) is 26.4. The van der Waals surface area contributed by atoms with E-state index in [1.807, 2.05) is 43.0 Å². The minimum absolute atomic E-state index is 0.0288. The van der Waals surface area contributed by atoms with Crippen LogP contribution in [0.15, 0.2) is 42.5 Å². The number of piperidine rings is 1. The Balaban J connectivity index is 1.40. The van der Waals surface area contributed by atoms with Gasteiger partial charge in [0.25, 0.3) is 0 Å². The topological polar surface area (TPSA) is 58.6 Å². The monoisotopic (exact) mass is 382 g/mol. The van der Waals surface area contributed by atoms with Crippen LogP contribution in [0.1, 0.15) is 39.5 Å². The number of amides is 2. The fourth-order valence-electron chi connectivity index (χ4n) is 3.68. The van der Waals surface area contributed by atoms with Crippen LogP contribution in [0.25, 0.3) is 10.8 Å². The summed E-state index contributed by atoms with van der Waals surface area (Å²) >= 11 is 0. The molecule has 0 saturated carbocycles. The zero-order valence-electron chi connectivity index (χ0n) is 16.8. The molecule has 0 radical (unpaired) electrons. The molecule has 1 N–H and O–H groups in total. The molecule has 0 aromatic heterocycles. The molecular weight excluding hydrogens is 352 g/mol. The van der Waals surface area contributed by atoms with E-state index in [1.54, 1.807) is 0 Å². The van der Waals surface area contributed by atoms with Crippen molar-refractivity contribution in [1.82, 2.24) is 10.2 Å². The molecule has 28 heavy (non-hydrogen) atoms. The van der Waals surface area contributed by atoms with Gasteiger partial charge in [0.05, 0.1) is 6.61 Å². The molecule has 3 rings (SSSR count). The van der Waals surface area contributed by atoms with Gasteiger partial charge in [-0.2, -0.15) is 0 Å². The zero-order chi connectivity index (χ0) is 19.9. The van der Waals surface area contributed by atoms with Crippen molar-refractivity contribution in [2.75, 3.05) is 19.7 Å². The van der Waals surface area contributed by atoms with Gasteiger partial charge in [-0.1, -0.05) is 36.4 Å². The van der Waals surface area contributed by atoms with E-state index in [4.69, 9.17) is 4.74 Å². The van der Waals surface area contributed by atoms with E-state index in [0.29, 0.717) is 32.5 Å². The van der Waals surface area contributed by atoms with Crippen LogP contribution in [0.4, 0.5) is 0 Å². The van der Waals surface area contributed by atoms with Gasteiger partial charge < -0.3 is 15.0 Å². The van der Waals surface area contributed by atoms with E-state index in [9.17, 15) is 9.59 Å². The molecule has 0 spiro atoms. The summed E-state index contributed by atoms with van der Waals surface area (Å²) in [5, 5.41) is 5.22. The molecule has 150 valence electrons. The normalized spacial score (nSPS) is 15.0. The first-order valence-corrected chi connectivity index (χ1v) is 10.2. The quantitative estimate of drug-likeness (QED) is 0.742. The molecule has 2 aromatic carbocycles. The van der Waals surface area contributed by atoms with E-state index < -0.39 is 0 Å². The maximum atomic E-state index is 12.4. The Morgan fingerprint density at radius 1 is 1.11 bits per heavy atom. The molecule has 1 aliphatic rings. The molecule has 0 unspecified atom stereocenters. The molecule has 0 aliphatic carbocycles. The first-order valence-electron chi connectivity index (χ1n) is 10.2. The van der Waals surface area contributed by atoms with Crippen molar-refractivity contribution >= 4 is 22.6 Å². The first kappa shape index (κ1) is 20.2. The van der Waals surface area contributed by atoms with Crippen molar-refractivity contribution in [1.29, 1.82) is 0 Å². The van der Waals surface area contributed by atoms with Gasteiger partial charge in [0, 0.05) is 36.9 Å². The number of carbonyl (C=O) groups excluding carboxylic acids is 2. The standard InChI is InChI=1S/C23H30N2O3/c1-17(2)24-23(27)19-12-14-25(15-13-19)22(26)11-6-16-28-21-10-5-8-18-7-3-4-9-20(18)21/h3-5,7-10,17,19H,6,11-16H2,1-2H3,(H,24,27). The Morgan fingerprint density at radius 2 is 1.82 bits per heavy atom. The third-order valence-electron chi connectivity index (χ3n) is 5.19. The van der Waals surface area contributed by atoms with Crippen LogP contribution >= 0.6 is 0 Å². The average Bonchev–Trinajstić information content (AvgIpc) is 2.70. The highest BCUT2D eigenvalue weighted by atomic mass is 16.5. The van der Waals surface area contributed by atoms with Crippen molar-refractivity contribution in [3.63, 3.8) is 0 Å². The summed E-state index contributed by atoms with van der Waals surface area (Å²) in [5.74, 6) is 1.17. The fraction of sp³-hybridized carbons (Fsp3) is 0.478. The molecule has 1 aliphatic heterocycles. The molecule has 0 atom stereocenters. The maximum absolute atomic E-state index is 12.4. The summed E-state index contributed by atoms with van der Waals surface area (Å²) in [6.45, 7) is 5.79. The highest BCUT2D eigenvalue weighted by Crippen LogP contribution is 2.25. The van der Waals surface area contributed by atoms with E-state index >= 15 is 0 Å². The lowest BCUT2D eigenvalue weighted by atomic mass is 9.95. The summed E-state index contributed by atoms with van der Waals surface area (Å²) in [5.41, 5.74) is 0. The summed E-state index contributed by atoms with van der Waals surface area (Å²) in [6.07, 6.45) is 2.66. The Morgan fingerprint density at radius 3 is 2.57 bits per heavy atom. The van der Waals surface area contributed by atoms with Gasteiger partial charge in [-0.15, -0.1) is 0 Å². The smallest absolute Gasteiger partial charge is 0.223 e. The number of benzene rings is 2. The number of nitrogens with zero attached hydrogens (tertiary/aromatic N) is 1. The predicted octanol–water partition coefficient (Wildman–Crippen LogP) is 3.76. The van der Waals surface area contributed by atoms with Crippen molar-refractivity contribution in [2.45, 2.75) is 45.6 Å². The number of carbonyl (C=O) groups is 2. The largest absolute Gasteiger partial charge is 0.493 e. The molecule has 1 saturated heterocycles. The van der Waals surface area contributed by atoms with Crippen LogP contribution in [-0.2, 0) is 9.59 Å². The minimum Gasteiger partial charge on any atom is -0.493 e. The number of nitrogens with one attached hydrogen (secondary N) is 1. The number of hydrogen-bond donors (Lipinski definition) is 1. The van der Waals surface area contributed by atoms with E-state index in [1.165, 1.54) is 0 Å². The van der Waals surface area contributed by atoms with Crippen molar-refractivity contribution in [2.24, 2.45) is 5.92 Å². The second-order valence-corrected chi connectivity index (χ2v) is 7.75. The lowest BCUT2D eigenvalue weighted by Gasteiger charge is -2.31.